The van der Waals surface area contributed by atoms with Gasteiger partial charge in [-0.3, -0.25) is 9.69 Å². The summed E-state index contributed by atoms with van der Waals surface area (Å²) in [6.07, 6.45) is 4.65. The molecule has 2 atom stereocenters. The lowest BCUT2D eigenvalue weighted by molar-refractivity contribution is -0.132. The molecule has 0 N–H and O–H groups in total. The van der Waals surface area contributed by atoms with Gasteiger partial charge in [-0.2, -0.15) is 17.0 Å². The fourth-order valence-electron chi connectivity index (χ4n) is 3.53. The van der Waals surface area contributed by atoms with E-state index in [2.05, 4.69) is 17.2 Å². The average Bonchev–Trinajstić information content (AvgIpc) is 3.28. The number of carbonyl (C=O) groups excluding carboxylic acids is 1. The molecule has 2 aliphatic rings. The first-order valence-electron chi connectivity index (χ1n) is 8.39. The fraction of sp³-hybridized carbons (Fsp3) is 0.556. The second-order valence-electron chi connectivity index (χ2n) is 6.28. The molecule has 2 saturated heterocycles. The van der Waals surface area contributed by atoms with Crippen LogP contribution in [-0.4, -0.2) is 66.0 Å². The normalized spacial score (nSPS) is 24.1. The summed E-state index contributed by atoms with van der Waals surface area (Å²) in [4.78, 5) is 17.0. The number of hydrogen-bond donors (Lipinski definition) is 0. The van der Waals surface area contributed by atoms with Crippen LogP contribution in [-0.2, 0) is 4.79 Å². The SMILES string of the molecule is CSC1CN(C(=O)COc2ccccc2C#N)CC1N1CCCC1. The van der Waals surface area contributed by atoms with Crippen LogP contribution in [0.3, 0.4) is 0 Å². The molecule has 0 saturated carbocycles. The lowest BCUT2D eigenvalue weighted by Gasteiger charge is -2.27. The van der Waals surface area contributed by atoms with Gasteiger partial charge >= 0.3 is 0 Å². The Hall–Kier alpha value is -1.71. The molecule has 0 aliphatic carbocycles. The second kappa shape index (κ2) is 7.91. The zero-order valence-corrected chi connectivity index (χ0v) is 14.8. The Morgan fingerprint density at radius 3 is 2.79 bits per heavy atom. The fourth-order valence-corrected chi connectivity index (χ4v) is 4.43. The number of ether oxygens (including phenoxy) is 1. The molecule has 128 valence electrons. The Labute approximate surface area is 147 Å². The monoisotopic (exact) mass is 345 g/mol. The highest BCUT2D eigenvalue weighted by atomic mass is 32.2. The van der Waals surface area contributed by atoms with Gasteiger partial charge in [-0.15, -0.1) is 0 Å². The largest absolute Gasteiger partial charge is 0.482 e. The molecule has 3 rings (SSSR count). The molecule has 0 aromatic heterocycles. The van der Waals surface area contributed by atoms with E-state index in [1.165, 1.54) is 12.8 Å². The molecule has 0 bridgehead atoms. The number of nitrogens with zero attached hydrogens (tertiary/aromatic N) is 3. The van der Waals surface area contributed by atoms with E-state index in [9.17, 15) is 4.79 Å². The van der Waals surface area contributed by atoms with Crippen molar-refractivity contribution in [2.75, 3.05) is 39.0 Å². The highest BCUT2D eigenvalue weighted by Crippen LogP contribution is 2.28. The van der Waals surface area contributed by atoms with Crippen molar-refractivity contribution in [3.8, 4) is 11.8 Å². The van der Waals surface area contributed by atoms with E-state index in [4.69, 9.17) is 10.00 Å². The molecule has 24 heavy (non-hydrogen) atoms. The molecular formula is C18H23N3O2S. The smallest absolute Gasteiger partial charge is 0.260 e. The third kappa shape index (κ3) is 3.68. The molecule has 2 heterocycles. The lowest BCUT2D eigenvalue weighted by atomic mass is 10.2. The Morgan fingerprint density at radius 1 is 1.33 bits per heavy atom. The summed E-state index contributed by atoms with van der Waals surface area (Å²) in [5, 5.41) is 9.55. The van der Waals surface area contributed by atoms with Crippen molar-refractivity contribution >= 4 is 17.7 Å². The third-order valence-corrected chi connectivity index (χ3v) is 5.93. The zero-order chi connectivity index (χ0) is 16.9. The van der Waals surface area contributed by atoms with E-state index in [0.717, 1.165) is 26.2 Å². The minimum absolute atomic E-state index is 0.00323. The molecule has 0 radical (unpaired) electrons. The number of rotatable bonds is 5. The predicted octanol–water partition coefficient (Wildman–Crippen LogP) is 1.98. The van der Waals surface area contributed by atoms with Gasteiger partial charge in [-0.05, 0) is 44.3 Å². The molecule has 2 aliphatic heterocycles. The van der Waals surface area contributed by atoms with Gasteiger partial charge in [0, 0.05) is 24.4 Å². The number of nitriles is 1. The van der Waals surface area contributed by atoms with Crippen molar-refractivity contribution < 1.29 is 9.53 Å². The third-order valence-electron chi connectivity index (χ3n) is 4.86. The van der Waals surface area contributed by atoms with Gasteiger partial charge < -0.3 is 9.64 Å². The Kier molecular flexibility index (Phi) is 5.64. The molecule has 6 heteroatoms. The van der Waals surface area contributed by atoms with Crippen LogP contribution in [0.2, 0.25) is 0 Å². The number of carbonyl (C=O) groups is 1. The summed E-state index contributed by atoms with van der Waals surface area (Å²) >= 11 is 1.85. The summed E-state index contributed by atoms with van der Waals surface area (Å²) in [6, 6.07) is 9.57. The maximum Gasteiger partial charge on any atom is 0.260 e. The van der Waals surface area contributed by atoms with Crippen LogP contribution in [0.1, 0.15) is 18.4 Å². The van der Waals surface area contributed by atoms with Gasteiger partial charge in [0.1, 0.15) is 11.8 Å². The van der Waals surface area contributed by atoms with Crippen molar-refractivity contribution in [2.45, 2.75) is 24.1 Å². The molecule has 5 nitrogen and oxygen atoms in total. The maximum absolute atomic E-state index is 12.5. The molecular weight excluding hydrogens is 322 g/mol. The van der Waals surface area contributed by atoms with Gasteiger partial charge in [-0.1, -0.05) is 12.1 Å². The Bertz CT molecular complexity index is 625. The molecule has 2 fully saturated rings. The van der Waals surface area contributed by atoms with Crippen LogP contribution >= 0.6 is 11.8 Å². The van der Waals surface area contributed by atoms with E-state index >= 15 is 0 Å². The molecule has 1 aromatic rings. The summed E-state index contributed by atoms with van der Waals surface area (Å²) in [5.41, 5.74) is 0.462. The second-order valence-corrected chi connectivity index (χ2v) is 7.36. The summed E-state index contributed by atoms with van der Waals surface area (Å²) in [6.45, 7) is 3.86. The number of para-hydroxylation sites is 1. The topological polar surface area (TPSA) is 56.6 Å². The van der Waals surface area contributed by atoms with E-state index in [-0.39, 0.29) is 12.5 Å². The number of hydrogen-bond acceptors (Lipinski definition) is 5. The zero-order valence-electron chi connectivity index (χ0n) is 14.0. The van der Waals surface area contributed by atoms with Crippen molar-refractivity contribution in [2.24, 2.45) is 0 Å². The summed E-state index contributed by atoms with van der Waals surface area (Å²) in [7, 11) is 0. The molecule has 1 amide bonds. The Morgan fingerprint density at radius 2 is 2.08 bits per heavy atom. The number of likely N-dealkylation sites (tertiary alicyclic amines) is 2. The van der Waals surface area contributed by atoms with Gasteiger partial charge in [0.15, 0.2) is 6.61 Å². The van der Waals surface area contributed by atoms with Crippen molar-refractivity contribution in [3.63, 3.8) is 0 Å². The first kappa shape index (κ1) is 17.1. The highest BCUT2D eigenvalue weighted by Gasteiger charge is 2.38. The van der Waals surface area contributed by atoms with Crippen LogP contribution in [0.4, 0.5) is 0 Å². The van der Waals surface area contributed by atoms with E-state index in [0.29, 0.717) is 22.6 Å². The van der Waals surface area contributed by atoms with E-state index in [1.54, 1.807) is 18.2 Å². The van der Waals surface area contributed by atoms with Crippen LogP contribution in [0.5, 0.6) is 5.75 Å². The lowest BCUT2D eigenvalue weighted by Crippen LogP contribution is -2.41. The Balaban J connectivity index is 1.58. The van der Waals surface area contributed by atoms with Gasteiger partial charge in [0.2, 0.25) is 0 Å². The first-order chi connectivity index (χ1) is 11.7. The maximum atomic E-state index is 12.5. The first-order valence-corrected chi connectivity index (χ1v) is 9.68. The van der Waals surface area contributed by atoms with Crippen LogP contribution in [0.25, 0.3) is 0 Å². The van der Waals surface area contributed by atoms with Crippen molar-refractivity contribution in [1.29, 1.82) is 5.26 Å². The van der Waals surface area contributed by atoms with Crippen LogP contribution in [0.15, 0.2) is 24.3 Å². The van der Waals surface area contributed by atoms with Crippen LogP contribution < -0.4 is 4.74 Å². The van der Waals surface area contributed by atoms with Crippen molar-refractivity contribution in [3.05, 3.63) is 29.8 Å². The van der Waals surface area contributed by atoms with Crippen LogP contribution in [0, 0.1) is 11.3 Å². The highest BCUT2D eigenvalue weighted by molar-refractivity contribution is 7.99. The van der Waals surface area contributed by atoms with Gasteiger partial charge in [0.05, 0.1) is 5.56 Å². The number of amides is 1. The average molecular weight is 345 g/mol. The van der Waals surface area contributed by atoms with Crippen molar-refractivity contribution in [1.82, 2.24) is 9.80 Å². The molecule has 1 aromatic carbocycles. The summed E-state index contributed by atoms with van der Waals surface area (Å²) in [5.74, 6) is 0.480. The number of thioether (sulfide) groups is 1. The molecule has 0 spiro atoms. The standard InChI is InChI=1S/C18H23N3O2S/c1-24-17-12-21(11-15(17)20-8-4-5-9-20)18(22)13-23-16-7-3-2-6-14(16)10-19/h2-3,6-7,15,17H,4-5,8-9,11-13H2,1H3. The van der Waals surface area contributed by atoms with Gasteiger partial charge in [-0.25, -0.2) is 0 Å². The summed E-state index contributed by atoms with van der Waals surface area (Å²) < 4.78 is 5.60. The predicted molar refractivity (Wildman–Crippen MR) is 95.1 cm³/mol. The van der Waals surface area contributed by atoms with Gasteiger partial charge in [0.25, 0.3) is 5.91 Å². The molecule has 2 unspecified atom stereocenters. The van der Waals surface area contributed by atoms with E-state index < -0.39 is 0 Å². The minimum Gasteiger partial charge on any atom is -0.482 e. The number of benzene rings is 1. The van der Waals surface area contributed by atoms with E-state index in [1.807, 2.05) is 22.7 Å². The quantitative estimate of drug-likeness (QED) is 0.817. The minimum atomic E-state index is -0.00743.